The molecule has 0 aromatic rings. The fourth-order valence-corrected chi connectivity index (χ4v) is 1.65. The Morgan fingerprint density at radius 3 is 2.21 bits per heavy atom. The van der Waals surface area contributed by atoms with E-state index in [0.717, 1.165) is 5.57 Å². The number of hydrogen-bond donors (Lipinski definition) is 1. The predicted octanol–water partition coefficient (Wildman–Crippen LogP) is 2.17. The zero-order valence-electron chi connectivity index (χ0n) is 11.3. The van der Waals surface area contributed by atoms with E-state index in [4.69, 9.17) is 15.7 Å². The minimum atomic E-state index is -0.663. The van der Waals surface area contributed by atoms with Gasteiger partial charge in [0.2, 0.25) is 0 Å². The molecule has 0 unspecified atom stereocenters. The van der Waals surface area contributed by atoms with Crippen LogP contribution < -0.4 is 5.73 Å². The lowest BCUT2D eigenvalue weighted by molar-refractivity contribution is 0.0925. The van der Waals surface area contributed by atoms with Gasteiger partial charge in [0.1, 0.15) is 23.3 Å². The van der Waals surface area contributed by atoms with Crippen LogP contribution in [0.2, 0.25) is 0 Å². The van der Waals surface area contributed by atoms with Crippen molar-refractivity contribution in [3.8, 4) is 18.2 Å². The van der Waals surface area contributed by atoms with Crippen LogP contribution in [0.4, 0.5) is 0 Å². The van der Waals surface area contributed by atoms with Gasteiger partial charge in [-0.1, -0.05) is 0 Å². The van der Waals surface area contributed by atoms with Crippen molar-refractivity contribution in [2.24, 2.45) is 5.73 Å². The van der Waals surface area contributed by atoms with Crippen molar-refractivity contribution in [3.63, 3.8) is 0 Å². The fourth-order valence-electron chi connectivity index (χ4n) is 1.65. The summed E-state index contributed by atoms with van der Waals surface area (Å²) in [6.45, 7) is 6.89. The lowest BCUT2D eigenvalue weighted by atomic mass is 9.96. The van der Waals surface area contributed by atoms with Crippen LogP contribution in [0.15, 0.2) is 33.7 Å². The number of nitrogens with two attached hydrogens (primary N) is 1. The maximum absolute atomic E-state index is 9.23. The summed E-state index contributed by atoms with van der Waals surface area (Å²) in [7, 11) is 0. The van der Waals surface area contributed by atoms with Crippen molar-refractivity contribution in [1.82, 2.24) is 0 Å². The van der Waals surface area contributed by atoms with Crippen LogP contribution in [-0.4, -0.2) is 5.60 Å². The van der Waals surface area contributed by atoms with Crippen molar-refractivity contribution in [2.45, 2.75) is 33.3 Å². The van der Waals surface area contributed by atoms with Crippen LogP contribution in [0.3, 0.4) is 0 Å². The van der Waals surface area contributed by atoms with Crippen molar-refractivity contribution >= 4 is 0 Å². The Morgan fingerprint density at radius 2 is 1.79 bits per heavy atom. The van der Waals surface area contributed by atoms with Gasteiger partial charge in [-0.3, -0.25) is 0 Å². The summed E-state index contributed by atoms with van der Waals surface area (Å²) >= 11 is 0. The maximum Gasteiger partial charge on any atom is 0.158 e. The van der Waals surface area contributed by atoms with E-state index in [9.17, 15) is 10.5 Å². The molecule has 5 nitrogen and oxygen atoms in total. The highest BCUT2D eigenvalue weighted by atomic mass is 16.5. The molecule has 0 spiro atoms. The first-order valence-corrected chi connectivity index (χ1v) is 5.62. The normalized spacial score (nSPS) is 20.7. The standard InChI is InChI=1S/C14H14N4O/c1-8(5-15)12(18)11(7-17)13-10(6-16)9(2)14(3,4)19-13/h18H2,1-4H3/b12-8-,13-11-. The molecule has 1 aliphatic rings. The largest absolute Gasteiger partial charge is 0.481 e. The monoisotopic (exact) mass is 254 g/mol. The molecule has 0 aromatic carbocycles. The Kier molecular flexibility index (Phi) is 3.69. The highest BCUT2D eigenvalue weighted by Gasteiger charge is 2.37. The van der Waals surface area contributed by atoms with E-state index in [-0.39, 0.29) is 22.6 Å². The van der Waals surface area contributed by atoms with E-state index >= 15 is 0 Å². The quantitative estimate of drug-likeness (QED) is 0.721. The van der Waals surface area contributed by atoms with Crippen molar-refractivity contribution in [3.05, 3.63) is 33.7 Å². The molecule has 0 atom stereocenters. The molecule has 2 N–H and O–H groups in total. The van der Waals surface area contributed by atoms with Crippen LogP contribution in [0.25, 0.3) is 0 Å². The summed E-state index contributed by atoms with van der Waals surface area (Å²) in [6.07, 6.45) is 0. The molecule has 1 heterocycles. The Labute approximate surface area is 112 Å². The summed E-state index contributed by atoms with van der Waals surface area (Å²) in [4.78, 5) is 0. The molecule has 0 aliphatic carbocycles. The average Bonchev–Trinajstić information content (AvgIpc) is 2.60. The predicted molar refractivity (Wildman–Crippen MR) is 68.6 cm³/mol. The molecule has 0 saturated carbocycles. The van der Waals surface area contributed by atoms with E-state index in [1.54, 1.807) is 20.8 Å². The second-order valence-electron chi connectivity index (χ2n) is 4.69. The molecule has 0 bridgehead atoms. The summed E-state index contributed by atoms with van der Waals surface area (Å²) in [6, 6.07) is 5.83. The third kappa shape index (κ3) is 2.30. The van der Waals surface area contributed by atoms with Crippen LogP contribution in [0, 0.1) is 34.0 Å². The molecular formula is C14H14N4O. The van der Waals surface area contributed by atoms with Crippen LogP contribution in [0.1, 0.15) is 27.7 Å². The van der Waals surface area contributed by atoms with Crippen LogP contribution >= 0.6 is 0 Å². The van der Waals surface area contributed by atoms with Crippen LogP contribution in [0.5, 0.6) is 0 Å². The topological polar surface area (TPSA) is 107 Å². The zero-order valence-corrected chi connectivity index (χ0v) is 11.3. The third-order valence-electron chi connectivity index (χ3n) is 3.15. The molecule has 1 aliphatic heterocycles. The Balaban J connectivity index is 3.62. The number of hydrogen-bond acceptors (Lipinski definition) is 5. The highest BCUT2D eigenvalue weighted by molar-refractivity contribution is 5.59. The second kappa shape index (κ2) is 4.88. The van der Waals surface area contributed by atoms with Gasteiger partial charge >= 0.3 is 0 Å². The minimum Gasteiger partial charge on any atom is -0.481 e. The van der Waals surface area contributed by atoms with Gasteiger partial charge in [0, 0.05) is 0 Å². The van der Waals surface area contributed by atoms with E-state index in [2.05, 4.69) is 0 Å². The average molecular weight is 254 g/mol. The maximum atomic E-state index is 9.23. The Morgan fingerprint density at radius 1 is 1.21 bits per heavy atom. The van der Waals surface area contributed by atoms with Crippen molar-refractivity contribution in [2.75, 3.05) is 0 Å². The molecule has 1 rings (SSSR count). The molecule has 5 heteroatoms. The van der Waals surface area contributed by atoms with Gasteiger partial charge in [0.15, 0.2) is 5.76 Å². The second-order valence-corrected chi connectivity index (χ2v) is 4.69. The fraction of sp³-hybridized carbons (Fsp3) is 0.357. The van der Waals surface area contributed by atoms with Crippen molar-refractivity contribution in [1.29, 1.82) is 15.8 Å². The van der Waals surface area contributed by atoms with E-state index in [0.29, 0.717) is 5.57 Å². The summed E-state index contributed by atoms with van der Waals surface area (Å²) in [5.41, 5.74) is 6.44. The van der Waals surface area contributed by atoms with E-state index in [1.807, 2.05) is 18.2 Å². The van der Waals surface area contributed by atoms with E-state index in [1.165, 1.54) is 6.92 Å². The number of allylic oxidation sites excluding steroid dienone is 3. The lowest BCUT2D eigenvalue weighted by Gasteiger charge is -2.20. The molecule has 0 amide bonds. The highest BCUT2D eigenvalue weighted by Crippen LogP contribution is 2.39. The molecular weight excluding hydrogens is 240 g/mol. The van der Waals surface area contributed by atoms with Gasteiger partial charge < -0.3 is 10.5 Å². The molecule has 0 aromatic heterocycles. The van der Waals surface area contributed by atoms with Gasteiger partial charge in [-0.2, -0.15) is 15.8 Å². The van der Waals surface area contributed by atoms with Gasteiger partial charge in [0.25, 0.3) is 0 Å². The molecule has 19 heavy (non-hydrogen) atoms. The minimum absolute atomic E-state index is 0.0283. The van der Waals surface area contributed by atoms with Gasteiger partial charge in [-0.05, 0) is 33.3 Å². The number of rotatable bonds is 1. The lowest BCUT2D eigenvalue weighted by Crippen LogP contribution is -2.20. The van der Waals surface area contributed by atoms with Gasteiger partial charge in [-0.25, -0.2) is 0 Å². The Hall–Kier alpha value is -2.71. The summed E-state index contributed by atoms with van der Waals surface area (Å²) in [5, 5.41) is 27.3. The summed E-state index contributed by atoms with van der Waals surface area (Å²) in [5.74, 6) is 0.152. The smallest absolute Gasteiger partial charge is 0.158 e. The van der Waals surface area contributed by atoms with Crippen LogP contribution in [-0.2, 0) is 4.74 Å². The first-order chi connectivity index (χ1) is 8.80. The van der Waals surface area contributed by atoms with Gasteiger partial charge in [-0.15, -0.1) is 0 Å². The molecule has 0 radical (unpaired) electrons. The third-order valence-corrected chi connectivity index (χ3v) is 3.15. The first-order valence-electron chi connectivity index (χ1n) is 5.62. The molecule has 96 valence electrons. The molecule has 0 fully saturated rings. The number of nitrogens with zero attached hydrogens (tertiary/aromatic N) is 3. The van der Waals surface area contributed by atoms with Gasteiger partial charge in [0.05, 0.1) is 22.9 Å². The van der Waals surface area contributed by atoms with E-state index < -0.39 is 5.60 Å². The number of nitriles is 3. The SMILES string of the molecule is CC1=C(C#N)/C(=C(C#N)/C(N)=C(\C)C#N)OC1(C)C. The first kappa shape index (κ1) is 14.4. The number of ether oxygens (including phenoxy) is 1. The molecule has 0 saturated heterocycles. The van der Waals surface area contributed by atoms with Crippen molar-refractivity contribution < 1.29 is 4.74 Å². The Bertz CT molecular complexity index is 642. The zero-order chi connectivity index (χ0) is 14.8. The summed E-state index contributed by atoms with van der Waals surface area (Å²) < 4.78 is 5.67.